The van der Waals surface area contributed by atoms with Crippen LogP contribution in [0.1, 0.15) is 18.5 Å². The SMILES string of the molecule is C=CCCCN(C)S(=O)(=O)c1ccc(C#N)nc1. The quantitative estimate of drug-likeness (QED) is 0.577. The Morgan fingerprint density at radius 2 is 2.28 bits per heavy atom. The summed E-state index contributed by atoms with van der Waals surface area (Å²) in [6.07, 6.45) is 4.45. The molecule has 0 aliphatic rings. The second-order valence-electron chi connectivity index (χ2n) is 3.75. The van der Waals surface area contributed by atoms with Gasteiger partial charge < -0.3 is 0 Å². The molecular weight excluding hydrogens is 250 g/mol. The van der Waals surface area contributed by atoms with Crippen LogP contribution in [-0.2, 0) is 10.0 Å². The average Bonchev–Trinajstić information content (AvgIpc) is 2.39. The van der Waals surface area contributed by atoms with Crippen molar-refractivity contribution in [2.24, 2.45) is 0 Å². The molecule has 0 spiro atoms. The fourth-order valence-corrected chi connectivity index (χ4v) is 2.51. The van der Waals surface area contributed by atoms with Crippen molar-refractivity contribution in [1.29, 1.82) is 5.26 Å². The molecule has 0 aliphatic heterocycles. The van der Waals surface area contributed by atoms with E-state index in [1.54, 1.807) is 6.08 Å². The van der Waals surface area contributed by atoms with Crippen molar-refractivity contribution in [1.82, 2.24) is 9.29 Å². The number of unbranched alkanes of at least 4 members (excludes halogenated alkanes) is 1. The number of hydrogen-bond donors (Lipinski definition) is 0. The first-order valence-electron chi connectivity index (χ1n) is 5.45. The first kappa shape index (κ1) is 14.4. The van der Waals surface area contributed by atoms with Crippen molar-refractivity contribution in [3.05, 3.63) is 36.7 Å². The summed E-state index contributed by atoms with van der Waals surface area (Å²) in [7, 11) is -1.99. The number of sulfonamides is 1. The lowest BCUT2D eigenvalue weighted by molar-refractivity contribution is 0.462. The molecule has 0 saturated heterocycles. The van der Waals surface area contributed by atoms with Crippen LogP contribution in [0, 0.1) is 11.3 Å². The molecule has 1 aromatic rings. The topological polar surface area (TPSA) is 74.1 Å². The van der Waals surface area contributed by atoms with Crippen LogP contribution in [0.4, 0.5) is 0 Å². The Labute approximate surface area is 107 Å². The predicted octanol–water partition coefficient (Wildman–Crippen LogP) is 1.54. The fraction of sp³-hybridized carbons (Fsp3) is 0.333. The molecule has 1 rings (SSSR count). The van der Waals surface area contributed by atoms with Crippen LogP contribution < -0.4 is 0 Å². The van der Waals surface area contributed by atoms with E-state index < -0.39 is 10.0 Å². The second kappa shape index (κ2) is 6.28. The number of hydrogen-bond acceptors (Lipinski definition) is 4. The van der Waals surface area contributed by atoms with Crippen LogP contribution in [0.25, 0.3) is 0 Å². The normalized spacial score (nSPS) is 11.2. The van der Waals surface area contributed by atoms with Gasteiger partial charge in [0.25, 0.3) is 0 Å². The van der Waals surface area contributed by atoms with Gasteiger partial charge >= 0.3 is 0 Å². The Kier molecular flexibility index (Phi) is 5.01. The molecule has 5 nitrogen and oxygen atoms in total. The monoisotopic (exact) mass is 265 g/mol. The summed E-state index contributed by atoms with van der Waals surface area (Å²) in [5.41, 5.74) is 0.197. The summed E-state index contributed by atoms with van der Waals surface area (Å²) < 4.78 is 25.5. The number of allylic oxidation sites excluding steroid dienone is 1. The highest BCUT2D eigenvalue weighted by molar-refractivity contribution is 7.89. The van der Waals surface area contributed by atoms with E-state index in [0.29, 0.717) is 6.54 Å². The predicted molar refractivity (Wildman–Crippen MR) is 68.2 cm³/mol. The Morgan fingerprint density at radius 1 is 1.56 bits per heavy atom. The van der Waals surface area contributed by atoms with Gasteiger partial charge in [-0.25, -0.2) is 17.7 Å². The first-order valence-corrected chi connectivity index (χ1v) is 6.89. The Balaban J connectivity index is 2.84. The largest absolute Gasteiger partial charge is 0.244 e. The second-order valence-corrected chi connectivity index (χ2v) is 5.79. The van der Waals surface area contributed by atoms with Crippen LogP contribution in [0.3, 0.4) is 0 Å². The summed E-state index contributed by atoms with van der Waals surface area (Å²) in [6, 6.07) is 4.63. The fourth-order valence-electron chi connectivity index (χ4n) is 1.36. The van der Waals surface area contributed by atoms with Crippen LogP contribution in [0.2, 0.25) is 0 Å². The Morgan fingerprint density at radius 3 is 2.78 bits per heavy atom. The minimum atomic E-state index is -3.52. The molecule has 0 amide bonds. The standard InChI is InChI=1S/C12H15N3O2S/c1-3-4-5-8-15(2)18(16,17)12-7-6-11(9-13)14-10-12/h3,6-7,10H,1,4-5,8H2,2H3. The van der Waals surface area contributed by atoms with Crippen molar-refractivity contribution in [3.63, 3.8) is 0 Å². The van der Waals surface area contributed by atoms with E-state index in [4.69, 9.17) is 5.26 Å². The first-order chi connectivity index (χ1) is 8.52. The highest BCUT2D eigenvalue weighted by Gasteiger charge is 2.20. The van der Waals surface area contributed by atoms with Gasteiger partial charge in [0.05, 0.1) is 0 Å². The Hall–Kier alpha value is -1.71. The maximum atomic E-state index is 12.1. The van der Waals surface area contributed by atoms with Crippen molar-refractivity contribution >= 4 is 10.0 Å². The molecule has 0 aliphatic carbocycles. The molecule has 0 radical (unpaired) electrons. The van der Waals surface area contributed by atoms with Gasteiger partial charge in [0.2, 0.25) is 10.0 Å². The zero-order valence-electron chi connectivity index (χ0n) is 10.2. The number of aromatic nitrogens is 1. The molecule has 1 heterocycles. The van der Waals surface area contributed by atoms with Gasteiger partial charge in [0, 0.05) is 19.8 Å². The Bertz CT molecular complexity index is 544. The van der Waals surface area contributed by atoms with Crippen molar-refractivity contribution in [3.8, 4) is 6.07 Å². The lowest BCUT2D eigenvalue weighted by Crippen LogP contribution is -2.28. The van der Waals surface area contributed by atoms with E-state index in [2.05, 4.69) is 11.6 Å². The molecule has 6 heteroatoms. The average molecular weight is 265 g/mol. The molecule has 0 bridgehead atoms. The molecule has 0 N–H and O–H groups in total. The van der Waals surface area contributed by atoms with Gasteiger partial charge in [-0.3, -0.25) is 0 Å². The molecule has 1 aromatic heterocycles. The van der Waals surface area contributed by atoms with Gasteiger partial charge in [-0.2, -0.15) is 5.26 Å². The maximum Gasteiger partial charge on any atom is 0.244 e. The zero-order valence-corrected chi connectivity index (χ0v) is 11.0. The number of pyridine rings is 1. The molecule has 0 fully saturated rings. The maximum absolute atomic E-state index is 12.1. The van der Waals surface area contributed by atoms with E-state index in [9.17, 15) is 8.42 Å². The van der Waals surface area contributed by atoms with E-state index >= 15 is 0 Å². The summed E-state index contributed by atoms with van der Waals surface area (Å²) in [5, 5.41) is 8.60. The van der Waals surface area contributed by atoms with Crippen LogP contribution in [0.15, 0.2) is 35.9 Å². The highest BCUT2D eigenvalue weighted by Crippen LogP contribution is 2.13. The minimum Gasteiger partial charge on any atom is -0.244 e. The molecule has 96 valence electrons. The summed E-state index contributed by atoms with van der Waals surface area (Å²) in [6.45, 7) is 4.01. The van der Waals surface area contributed by atoms with Crippen LogP contribution >= 0.6 is 0 Å². The van der Waals surface area contributed by atoms with Crippen LogP contribution in [-0.4, -0.2) is 31.3 Å². The summed E-state index contributed by atoms with van der Waals surface area (Å²) in [5.74, 6) is 0. The summed E-state index contributed by atoms with van der Waals surface area (Å²) >= 11 is 0. The zero-order chi connectivity index (χ0) is 13.6. The lowest BCUT2D eigenvalue weighted by Gasteiger charge is -2.16. The van der Waals surface area contributed by atoms with Gasteiger partial charge in [-0.05, 0) is 25.0 Å². The van der Waals surface area contributed by atoms with Crippen molar-refractivity contribution in [2.45, 2.75) is 17.7 Å². The molecule has 0 atom stereocenters. The third kappa shape index (κ3) is 3.39. The van der Waals surface area contributed by atoms with E-state index in [0.717, 1.165) is 12.8 Å². The number of rotatable bonds is 6. The van der Waals surface area contributed by atoms with Crippen molar-refractivity contribution < 1.29 is 8.42 Å². The number of nitriles is 1. The lowest BCUT2D eigenvalue weighted by atomic mass is 10.3. The number of nitrogens with zero attached hydrogens (tertiary/aromatic N) is 3. The van der Waals surface area contributed by atoms with Crippen molar-refractivity contribution in [2.75, 3.05) is 13.6 Å². The third-order valence-corrected chi connectivity index (χ3v) is 4.28. The minimum absolute atomic E-state index is 0.0996. The van der Waals surface area contributed by atoms with E-state index in [1.807, 2.05) is 6.07 Å². The molecule has 0 unspecified atom stereocenters. The molecule has 0 saturated carbocycles. The smallest absolute Gasteiger partial charge is 0.244 e. The van der Waals surface area contributed by atoms with Gasteiger partial charge in [0.15, 0.2) is 0 Å². The molecular formula is C12H15N3O2S. The molecule has 18 heavy (non-hydrogen) atoms. The van der Waals surface area contributed by atoms with E-state index in [-0.39, 0.29) is 10.6 Å². The third-order valence-electron chi connectivity index (χ3n) is 2.44. The highest BCUT2D eigenvalue weighted by atomic mass is 32.2. The summed E-state index contributed by atoms with van der Waals surface area (Å²) in [4.78, 5) is 3.86. The van der Waals surface area contributed by atoms with Gasteiger partial charge in [-0.1, -0.05) is 6.08 Å². The van der Waals surface area contributed by atoms with Crippen LogP contribution in [0.5, 0.6) is 0 Å². The molecule has 0 aromatic carbocycles. The van der Waals surface area contributed by atoms with Gasteiger partial charge in [-0.15, -0.1) is 6.58 Å². The van der Waals surface area contributed by atoms with Gasteiger partial charge in [0.1, 0.15) is 16.7 Å². The van der Waals surface area contributed by atoms with E-state index in [1.165, 1.54) is 29.7 Å².